The average Bonchev–Trinajstić information content (AvgIpc) is 2.45. The molecule has 0 aromatic carbocycles. The predicted molar refractivity (Wildman–Crippen MR) is 83.6 cm³/mol. The van der Waals surface area contributed by atoms with Gasteiger partial charge in [-0.1, -0.05) is 41.5 Å². The third kappa shape index (κ3) is 3.71. The van der Waals surface area contributed by atoms with Crippen molar-refractivity contribution in [3.63, 3.8) is 0 Å². The minimum atomic E-state index is -0.204. The summed E-state index contributed by atoms with van der Waals surface area (Å²) >= 11 is 0. The van der Waals surface area contributed by atoms with Crippen molar-refractivity contribution in [2.45, 2.75) is 80.1 Å². The van der Waals surface area contributed by atoms with Crippen molar-refractivity contribution >= 4 is 11.6 Å². The van der Waals surface area contributed by atoms with Gasteiger partial charge in [-0.05, 0) is 38.5 Å². The van der Waals surface area contributed by atoms with Crippen LogP contribution in [0.2, 0.25) is 0 Å². The summed E-state index contributed by atoms with van der Waals surface area (Å²) in [6.07, 6.45) is 5.40. The van der Waals surface area contributed by atoms with Gasteiger partial charge in [0.2, 0.25) is 0 Å². The Morgan fingerprint density at radius 1 is 0.750 bits per heavy atom. The number of carbonyl (C=O) groups excluding carboxylic acids is 2. The summed E-state index contributed by atoms with van der Waals surface area (Å²) in [5.74, 6) is 1.17. The van der Waals surface area contributed by atoms with Crippen molar-refractivity contribution in [1.82, 2.24) is 0 Å². The van der Waals surface area contributed by atoms with Crippen LogP contribution in [0.3, 0.4) is 0 Å². The molecule has 116 valence electrons. The molecule has 0 bridgehead atoms. The average molecular weight is 280 g/mol. The number of ketones is 2. The maximum Gasteiger partial charge on any atom is 0.141 e. The first-order valence-corrected chi connectivity index (χ1v) is 8.24. The molecule has 1 saturated carbocycles. The molecule has 0 radical (unpaired) electrons. The minimum Gasteiger partial charge on any atom is -0.299 e. The van der Waals surface area contributed by atoms with Crippen molar-refractivity contribution in [3.8, 4) is 0 Å². The zero-order valence-electron chi connectivity index (χ0n) is 14.2. The Morgan fingerprint density at radius 3 is 1.20 bits per heavy atom. The Kier molecular flexibility index (Phi) is 5.57. The lowest BCUT2D eigenvalue weighted by Crippen LogP contribution is -2.37. The van der Waals surface area contributed by atoms with Gasteiger partial charge in [0, 0.05) is 22.7 Å². The van der Waals surface area contributed by atoms with E-state index in [1.807, 2.05) is 27.7 Å². The first-order valence-electron chi connectivity index (χ1n) is 8.24. The zero-order chi connectivity index (χ0) is 15.6. The van der Waals surface area contributed by atoms with Crippen molar-refractivity contribution in [2.75, 3.05) is 0 Å². The second-order valence-corrected chi connectivity index (χ2v) is 7.75. The first-order chi connectivity index (χ1) is 9.15. The van der Waals surface area contributed by atoms with Crippen LogP contribution in [0.4, 0.5) is 0 Å². The van der Waals surface area contributed by atoms with Gasteiger partial charge >= 0.3 is 0 Å². The molecule has 2 nitrogen and oxygen atoms in total. The molecule has 0 aliphatic heterocycles. The summed E-state index contributed by atoms with van der Waals surface area (Å²) < 4.78 is 0. The van der Waals surface area contributed by atoms with Gasteiger partial charge in [0.25, 0.3) is 0 Å². The number of rotatable bonds is 6. The molecule has 0 unspecified atom stereocenters. The van der Waals surface area contributed by atoms with Crippen LogP contribution in [0.5, 0.6) is 0 Å². The van der Waals surface area contributed by atoms with Crippen molar-refractivity contribution < 1.29 is 9.59 Å². The molecule has 0 heterocycles. The SMILES string of the molecule is CCC(C)(C)C(=O)[C@H]1CC[C@H](C(=O)C(C)(C)CC)CC1. The summed E-state index contributed by atoms with van der Waals surface area (Å²) in [5.41, 5.74) is -0.408. The second-order valence-electron chi connectivity index (χ2n) is 7.75. The van der Waals surface area contributed by atoms with Crippen LogP contribution in [0.25, 0.3) is 0 Å². The number of hydrogen-bond acceptors (Lipinski definition) is 2. The summed E-state index contributed by atoms with van der Waals surface area (Å²) in [5, 5.41) is 0. The van der Waals surface area contributed by atoms with Crippen LogP contribution in [0.15, 0.2) is 0 Å². The molecule has 20 heavy (non-hydrogen) atoms. The van der Waals surface area contributed by atoms with Crippen LogP contribution in [0, 0.1) is 22.7 Å². The summed E-state index contributed by atoms with van der Waals surface area (Å²) in [4.78, 5) is 25.0. The Balaban J connectivity index is 2.61. The van der Waals surface area contributed by atoms with E-state index in [1.54, 1.807) is 0 Å². The maximum atomic E-state index is 12.5. The third-order valence-electron chi connectivity index (χ3n) is 5.57. The van der Waals surface area contributed by atoms with E-state index in [9.17, 15) is 9.59 Å². The van der Waals surface area contributed by atoms with E-state index < -0.39 is 0 Å². The molecule has 0 amide bonds. The highest BCUT2D eigenvalue weighted by molar-refractivity contribution is 5.88. The first kappa shape index (κ1) is 17.4. The van der Waals surface area contributed by atoms with Gasteiger partial charge < -0.3 is 0 Å². The molecule has 1 aliphatic rings. The molecule has 0 saturated heterocycles. The Hall–Kier alpha value is -0.660. The molecule has 1 fully saturated rings. The number of carbonyl (C=O) groups is 2. The molecule has 2 heteroatoms. The fraction of sp³-hybridized carbons (Fsp3) is 0.889. The van der Waals surface area contributed by atoms with Gasteiger partial charge in [0.15, 0.2) is 0 Å². The van der Waals surface area contributed by atoms with Crippen molar-refractivity contribution in [1.29, 1.82) is 0 Å². The smallest absolute Gasteiger partial charge is 0.141 e. The van der Waals surface area contributed by atoms with Crippen LogP contribution in [-0.2, 0) is 9.59 Å². The Labute approximate surface area is 124 Å². The molecule has 0 aromatic heterocycles. The van der Waals surface area contributed by atoms with Crippen molar-refractivity contribution in [2.24, 2.45) is 22.7 Å². The van der Waals surface area contributed by atoms with Crippen LogP contribution in [-0.4, -0.2) is 11.6 Å². The van der Waals surface area contributed by atoms with Crippen LogP contribution in [0.1, 0.15) is 80.1 Å². The standard InChI is InChI=1S/C18H32O2/c1-7-17(3,4)15(19)13-9-11-14(12-10-13)16(20)18(5,6)8-2/h13-14H,7-12H2,1-6H3/t13-,14-. The summed E-state index contributed by atoms with van der Waals surface area (Å²) in [6, 6.07) is 0. The number of Topliss-reactive ketones (excluding diaryl/α,β-unsaturated/α-hetero) is 2. The maximum absolute atomic E-state index is 12.5. The van der Waals surface area contributed by atoms with Crippen LogP contribution < -0.4 is 0 Å². The minimum absolute atomic E-state index is 0.179. The van der Waals surface area contributed by atoms with Gasteiger partial charge in [0.1, 0.15) is 11.6 Å². The normalized spacial score (nSPS) is 24.5. The van der Waals surface area contributed by atoms with E-state index in [4.69, 9.17) is 0 Å². The lowest BCUT2D eigenvalue weighted by Gasteiger charge is -2.35. The van der Waals surface area contributed by atoms with E-state index >= 15 is 0 Å². The van der Waals surface area contributed by atoms with Gasteiger partial charge in [-0.2, -0.15) is 0 Å². The molecule has 0 aromatic rings. The predicted octanol–water partition coefficient (Wildman–Crippen LogP) is 4.80. The zero-order valence-corrected chi connectivity index (χ0v) is 14.2. The van der Waals surface area contributed by atoms with Gasteiger partial charge in [-0.3, -0.25) is 9.59 Å². The Morgan fingerprint density at radius 2 is 1.00 bits per heavy atom. The van der Waals surface area contributed by atoms with Gasteiger partial charge in [-0.15, -0.1) is 0 Å². The fourth-order valence-electron chi connectivity index (χ4n) is 3.07. The van der Waals surface area contributed by atoms with E-state index in [2.05, 4.69) is 13.8 Å². The summed E-state index contributed by atoms with van der Waals surface area (Å²) in [6.45, 7) is 12.4. The molecule has 0 N–H and O–H groups in total. The van der Waals surface area contributed by atoms with Crippen LogP contribution >= 0.6 is 0 Å². The van der Waals surface area contributed by atoms with Gasteiger partial charge in [0.05, 0.1) is 0 Å². The third-order valence-corrected chi connectivity index (χ3v) is 5.57. The largest absolute Gasteiger partial charge is 0.299 e. The van der Waals surface area contributed by atoms with E-state index in [-0.39, 0.29) is 22.7 Å². The van der Waals surface area contributed by atoms with E-state index in [0.717, 1.165) is 38.5 Å². The molecular formula is C18H32O2. The second kappa shape index (κ2) is 6.41. The number of hydrogen-bond donors (Lipinski definition) is 0. The van der Waals surface area contributed by atoms with Gasteiger partial charge in [-0.25, -0.2) is 0 Å². The quantitative estimate of drug-likeness (QED) is 0.700. The lowest BCUT2D eigenvalue weighted by molar-refractivity contribution is -0.137. The Bertz CT molecular complexity index is 322. The summed E-state index contributed by atoms with van der Waals surface area (Å²) in [7, 11) is 0. The molecule has 1 rings (SSSR count). The molecule has 0 atom stereocenters. The topological polar surface area (TPSA) is 34.1 Å². The van der Waals surface area contributed by atoms with Crippen molar-refractivity contribution in [3.05, 3.63) is 0 Å². The fourth-order valence-corrected chi connectivity index (χ4v) is 3.07. The molecule has 1 aliphatic carbocycles. The lowest BCUT2D eigenvalue weighted by atomic mass is 9.68. The van der Waals surface area contributed by atoms with E-state index in [1.165, 1.54) is 0 Å². The highest BCUT2D eigenvalue weighted by Gasteiger charge is 2.38. The van der Waals surface area contributed by atoms with E-state index in [0.29, 0.717) is 11.6 Å². The molecule has 0 spiro atoms. The highest BCUT2D eigenvalue weighted by atomic mass is 16.1. The highest BCUT2D eigenvalue weighted by Crippen LogP contribution is 2.38. The molecular weight excluding hydrogens is 248 g/mol. The monoisotopic (exact) mass is 280 g/mol.